The minimum absolute atomic E-state index is 0.0392. The van der Waals surface area contributed by atoms with Crippen LogP contribution < -0.4 is 5.32 Å². The Balaban J connectivity index is 1.94. The van der Waals surface area contributed by atoms with Gasteiger partial charge in [-0.05, 0) is 48.7 Å². The van der Waals surface area contributed by atoms with E-state index in [1.807, 2.05) is 6.07 Å². The quantitative estimate of drug-likeness (QED) is 0.805. The van der Waals surface area contributed by atoms with E-state index in [0.717, 1.165) is 29.4 Å². The Bertz CT molecular complexity index is 641. The van der Waals surface area contributed by atoms with Gasteiger partial charge >= 0.3 is 0 Å². The van der Waals surface area contributed by atoms with Crippen molar-refractivity contribution in [2.45, 2.75) is 31.7 Å². The first-order valence-corrected chi connectivity index (χ1v) is 8.26. The molecular formula is C18H19BrFN. The van der Waals surface area contributed by atoms with E-state index in [-0.39, 0.29) is 11.9 Å². The predicted molar refractivity (Wildman–Crippen MR) is 88.0 cm³/mol. The van der Waals surface area contributed by atoms with E-state index in [9.17, 15) is 4.39 Å². The third-order valence-electron chi connectivity index (χ3n) is 4.20. The molecule has 1 aliphatic rings. The average molecular weight is 348 g/mol. The molecule has 2 atom stereocenters. The van der Waals surface area contributed by atoms with Gasteiger partial charge in [-0.1, -0.05) is 47.1 Å². The Morgan fingerprint density at radius 2 is 2.10 bits per heavy atom. The number of nitrogens with one attached hydrogen (secondary N) is 1. The topological polar surface area (TPSA) is 12.0 Å². The van der Waals surface area contributed by atoms with Crippen molar-refractivity contribution in [2.24, 2.45) is 0 Å². The molecule has 1 aliphatic carbocycles. The van der Waals surface area contributed by atoms with Gasteiger partial charge in [-0.3, -0.25) is 0 Å². The second-order valence-corrected chi connectivity index (χ2v) is 6.52. The van der Waals surface area contributed by atoms with E-state index in [1.165, 1.54) is 11.1 Å². The summed E-state index contributed by atoms with van der Waals surface area (Å²) < 4.78 is 15.2. The van der Waals surface area contributed by atoms with Crippen LogP contribution in [0.4, 0.5) is 4.39 Å². The van der Waals surface area contributed by atoms with Crippen LogP contribution in [0.15, 0.2) is 46.9 Å². The van der Waals surface area contributed by atoms with Crippen molar-refractivity contribution in [3.63, 3.8) is 0 Å². The fraction of sp³-hybridized carbons (Fsp3) is 0.333. The monoisotopic (exact) mass is 347 g/mol. The Morgan fingerprint density at radius 3 is 2.86 bits per heavy atom. The van der Waals surface area contributed by atoms with Gasteiger partial charge in [0.15, 0.2) is 0 Å². The molecule has 110 valence electrons. The zero-order valence-corrected chi connectivity index (χ0v) is 13.7. The van der Waals surface area contributed by atoms with E-state index < -0.39 is 0 Å². The summed E-state index contributed by atoms with van der Waals surface area (Å²) in [5.41, 5.74) is 3.50. The van der Waals surface area contributed by atoms with E-state index in [2.05, 4.69) is 52.4 Å². The van der Waals surface area contributed by atoms with E-state index >= 15 is 0 Å². The highest BCUT2D eigenvalue weighted by Crippen LogP contribution is 2.44. The number of fused-ring (bicyclic) bond motifs is 1. The number of benzene rings is 2. The van der Waals surface area contributed by atoms with Gasteiger partial charge in [0.05, 0.1) is 0 Å². The summed E-state index contributed by atoms with van der Waals surface area (Å²) in [6.45, 7) is 3.03. The second-order valence-electron chi connectivity index (χ2n) is 5.61. The van der Waals surface area contributed by atoms with Crippen molar-refractivity contribution in [1.82, 2.24) is 5.32 Å². The van der Waals surface area contributed by atoms with Gasteiger partial charge in [0.25, 0.3) is 0 Å². The molecule has 0 saturated carbocycles. The summed E-state index contributed by atoms with van der Waals surface area (Å²) in [6, 6.07) is 13.7. The van der Waals surface area contributed by atoms with Crippen LogP contribution in [0.5, 0.6) is 0 Å². The summed E-state index contributed by atoms with van der Waals surface area (Å²) in [5, 5.41) is 3.54. The highest BCUT2D eigenvalue weighted by Gasteiger charge is 2.34. The molecule has 3 heteroatoms. The maximum absolute atomic E-state index is 14.3. The summed E-state index contributed by atoms with van der Waals surface area (Å²) in [6.07, 6.45) is 2.06. The van der Waals surface area contributed by atoms with Crippen molar-refractivity contribution in [3.8, 4) is 0 Å². The highest BCUT2D eigenvalue weighted by atomic mass is 79.9. The van der Waals surface area contributed by atoms with Crippen LogP contribution in [0.25, 0.3) is 0 Å². The third-order valence-corrected chi connectivity index (χ3v) is 4.70. The standard InChI is InChI=1S/C18H19BrFN/c1-2-9-21-18(16-11-13(19)7-8-17(16)20)15-10-12-5-3-4-6-14(12)15/h3-8,11,15,18,21H,2,9-10H2,1H3. The third kappa shape index (κ3) is 2.90. The number of halogens is 2. The van der Waals surface area contributed by atoms with Gasteiger partial charge in [-0.15, -0.1) is 0 Å². The first kappa shape index (κ1) is 14.7. The summed E-state index contributed by atoms with van der Waals surface area (Å²) in [5.74, 6) is 0.229. The lowest BCUT2D eigenvalue weighted by atomic mass is 9.71. The lowest BCUT2D eigenvalue weighted by Crippen LogP contribution is -2.34. The minimum atomic E-state index is -0.129. The molecule has 0 bridgehead atoms. The largest absolute Gasteiger partial charge is 0.309 e. The van der Waals surface area contributed by atoms with Gasteiger partial charge in [0, 0.05) is 22.0 Å². The Kier molecular flexibility index (Phi) is 4.41. The van der Waals surface area contributed by atoms with Gasteiger partial charge in [0.2, 0.25) is 0 Å². The lowest BCUT2D eigenvalue weighted by molar-refractivity contribution is 0.398. The van der Waals surface area contributed by atoms with Crippen LogP contribution in [-0.4, -0.2) is 6.54 Å². The first-order valence-electron chi connectivity index (χ1n) is 7.47. The van der Waals surface area contributed by atoms with E-state index in [0.29, 0.717) is 5.92 Å². The molecule has 0 aromatic heterocycles. The van der Waals surface area contributed by atoms with Gasteiger partial charge in [0.1, 0.15) is 5.82 Å². The van der Waals surface area contributed by atoms with Crippen molar-refractivity contribution in [1.29, 1.82) is 0 Å². The molecule has 0 heterocycles. The zero-order chi connectivity index (χ0) is 14.8. The van der Waals surface area contributed by atoms with Crippen LogP contribution in [0, 0.1) is 5.82 Å². The van der Waals surface area contributed by atoms with Crippen molar-refractivity contribution < 1.29 is 4.39 Å². The van der Waals surface area contributed by atoms with Crippen molar-refractivity contribution in [3.05, 3.63) is 69.4 Å². The Hall–Kier alpha value is -1.19. The summed E-state index contributed by atoms with van der Waals surface area (Å²) >= 11 is 3.46. The van der Waals surface area contributed by atoms with Crippen LogP contribution in [-0.2, 0) is 6.42 Å². The maximum atomic E-state index is 14.3. The molecule has 0 saturated heterocycles. The van der Waals surface area contributed by atoms with Gasteiger partial charge in [-0.25, -0.2) is 4.39 Å². The molecule has 0 spiro atoms. The Morgan fingerprint density at radius 1 is 1.29 bits per heavy atom. The normalized spacial score (nSPS) is 18.0. The van der Waals surface area contributed by atoms with Gasteiger partial charge in [-0.2, -0.15) is 0 Å². The molecule has 0 amide bonds. The maximum Gasteiger partial charge on any atom is 0.128 e. The zero-order valence-electron chi connectivity index (χ0n) is 12.1. The molecular weight excluding hydrogens is 329 g/mol. The molecule has 1 N–H and O–H groups in total. The average Bonchev–Trinajstić information content (AvgIpc) is 2.46. The van der Waals surface area contributed by atoms with Crippen LogP contribution >= 0.6 is 15.9 Å². The molecule has 2 aromatic rings. The highest BCUT2D eigenvalue weighted by molar-refractivity contribution is 9.10. The first-order chi connectivity index (χ1) is 10.2. The van der Waals surface area contributed by atoms with Crippen LogP contribution in [0.2, 0.25) is 0 Å². The molecule has 1 nitrogen and oxygen atoms in total. The number of hydrogen-bond donors (Lipinski definition) is 1. The van der Waals surface area contributed by atoms with E-state index in [4.69, 9.17) is 0 Å². The lowest BCUT2D eigenvalue weighted by Gasteiger charge is -2.37. The number of rotatable bonds is 5. The molecule has 0 aliphatic heterocycles. The van der Waals surface area contributed by atoms with Crippen LogP contribution in [0.3, 0.4) is 0 Å². The molecule has 21 heavy (non-hydrogen) atoms. The molecule has 0 radical (unpaired) electrons. The SMILES string of the molecule is CCCNC(c1cc(Br)ccc1F)C1Cc2ccccc21. The second kappa shape index (κ2) is 6.29. The van der Waals surface area contributed by atoms with Crippen LogP contribution in [0.1, 0.15) is 42.0 Å². The van der Waals surface area contributed by atoms with Crippen molar-refractivity contribution >= 4 is 15.9 Å². The van der Waals surface area contributed by atoms with E-state index in [1.54, 1.807) is 12.1 Å². The molecule has 2 aromatic carbocycles. The summed E-state index contributed by atoms with van der Waals surface area (Å²) in [4.78, 5) is 0. The predicted octanol–water partition coefficient (Wildman–Crippen LogP) is 4.97. The minimum Gasteiger partial charge on any atom is -0.309 e. The summed E-state index contributed by atoms with van der Waals surface area (Å²) in [7, 11) is 0. The molecule has 2 unspecified atom stereocenters. The smallest absolute Gasteiger partial charge is 0.128 e. The fourth-order valence-corrected chi connectivity index (χ4v) is 3.50. The van der Waals surface area contributed by atoms with Crippen molar-refractivity contribution in [2.75, 3.05) is 6.54 Å². The molecule has 3 rings (SSSR count). The fourth-order valence-electron chi connectivity index (χ4n) is 3.12. The van der Waals surface area contributed by atoms with Gasteiger partial charge < -0.3 is 5.32 Å². The molecule has 0 fully saturated rings. The number of hydrogen-bond acceptors (Lipinski definition) is 1. The Labute approximate surface area is 133 Å².